The first-order valence-corrected chi connectivity index (χ1v) is 12.0. The van der Waals surface area contributed by atoms with Gasteiger partial charge in [0.05, 0.1) is 40.3 Å². The number of esters is 1. The van der Waals surface area contributed by atoms with Crippen LogP contribution in [0.1, 0.15) is 62.4 Å². The molecule has 176 valence electrons. The number of ether oxygens (including phenoxy) is 2. The number of fused-ring (bicyclic) bond motifs is 1. The zero-order chi connectivity index (χ0) is 24.1. The van der Waals surface area contributed by atoms with Crippen LogP contribution in [-0.4, -0.2) is 34.3 Å². The third kappa shape index (κ3) is 4.96. The van der Waals surface area contributed by atoms with Crippen LogP contribution in [-0.2, 0) is 15.9 Å². The van der Waals surface area contributed by atoms with Crippen molar-refractivity contribution >= 4 is 44.5 Å². The van der Waals surface area contributed by atoms with E-state index in [0.29, 0.717) is 40.3 Å². The number of aromatic nitrogens is 2. The van der Waals surface area contributed by atoms with E-state index in [-0.39, 0.29) is 17.3 Å². The molecule has 1 aliphatic rings. The molecule has 0 radical (unpaired) electrons. The second-order valence-electron chi connectivity index (χ2n) is 10.2. The molecule has 3 aromatic rings. The molecular formula is C25H27BrClFN2O3. The third-order valence-electron chi connectivity index (χ3n) is 5.80. The highest BCUT2D eigenvalue weighted by Crippen LogP contribution is 2.41. The Morgan fingerprint density at radius 3 is 2.70 bits per heavy atom. The zero-order valence-electron chi connectivity index (χ0n) is 19.3. The van der Waals surface area contributed by atoms with Gasteiger partial charge in [-0.1, -0.05) is 25.4 Å². The molecule has 2 aromatic carbocycles. The predicted molar refractivity (Wildman–Crippen MR) is 130 cm³/mol. The Morgan fingerprint density at radius 1 is 1.33 bits per heavy atom. The van der Waals surface area contributed by atoms with Crippen molar-refractivity contribution in [1.82, 2.24) is 9.55 Å². The zero-order valence-corrected chi connectivity index (χ0v) is 21.7. The van der Waals surface area contributed by atoms with E-state index >= 15 is 0 Å². The molecule has 1 saturated heterocycles. The number of carbonyl (C=O) groups excluding carboxylic acids is 1. The monoisotopic (exact) mass is 536 g/mol. The van der Waals surface area contributed by atoms with E-state index in [1.807, 2.05) is 32.9 Å². The fourth-order valence-electron chi connectivity index (χ4n) is 4.13. The molecule has 5 nitrogen and oxygen atoms in total. The SMILES string of the molecule is CC(C)(C)OC(=O)c1ccc2nc(Cc3cc(F)c(Br)cc3Cl)n([C@@H]3COCC3(C)C)c2c1. The Morgan fingerprint density at radius 2 is 2.06 bits per heavy atom. The van der Waals surface area contributed by atoms with Crippen molar-refractivity contribution in [1.29, 1.82) is 0 Å². The summed E-state index contributed by atoms with van der Waals surface area (Å²) >= 11 is 9.61. The first-order valence-electron chi connectivity index (χ1n) is 10.8. The van der Waals surface area contributed by atoms with Gasteiger partial charge in [-0.3, -0.25) is 0 Å². The van der Waals surface area contributed by atoms with Gasteiger partial charge in [0.15, 0.2) is 0 Å². The Kier molecular flexibility index (Phi) is 6.35. The summed E-state index contributed by atoms with van der Waals surface area (Å²) in [5.74, 6) is -0.0361. The molecule has 0 bridgehead atoms. The van der Waals surface area contributed by atoms with Gasteiger partial charge in [0.2, 0.25) is 0 Å². The molecule has 0 saturated carbocycles. The fourth-order valence-corrected chi connectivity index (χ4v) is 4.83. The van der Waals surface area contributed by atoms with Crippen molar-refractivity contribution in [2.24, 2.45) is 5.41 Å². The van der Waals surface area contributed by atoms with Crippen molar-refractivity contribution in [3.8, 4) is 0 Å². The Hall–Kier alpha value is -1.96. The lowest BCUT2D eigenvalue weighted by atomic mass is 9.87. The smallest absolute Gasteiger partial charge is 0.338 e. The standard InChI is InChI=1S/C25H27BrClFN2O3/c1-24(2,3)33-23(31)14-6-7-19-20(9-14)30(21-12-32-13-25(21,4)5)22(29-19)10-15-8-18(28)16(26)11-17(15)27/h6-9,11,21H,10,12-13H2,1-5H3/t21-/m1/s1. The van der Waals surface area contributed by atoms with Gasteiger partial charge in [0.1, 0.15) is 17.2 Å². The molecule has 0 unspecified atom stereocenters. The van der Waals surface area contributed by atoms with Gasteiger partial charge in [-0.25, -0.2) is 14.2 Å². The molecule has 4 rings (SSSR count). The quantitative estimate of drug-likeness (QED) is 0.273. The van der Waals surface area contributed by atoms with E-state index in [4.69, 9.17) is 26.1 Å². The molecule has 1 aromatic heterocycles. The summed E-state index contributed by atoms with van der Waals surface area (Å²) < 4.78 is 28.1. The third-order valence-corrected chi connectivity index (χ3v) is 6.76. The Labute approximate surface area is 206 Å². The van der Waals surface area contributed by atoms with E-state index in [1.165, 1.54) is 6.07 Å². The average molecular weight is 538 g/mol. The summed E-state index contributed by atoms with van der Waals surface area (Å²) in [6, 6.07) is 8.34. The van der Waals surface area contributed by atoms with Gasteiger partial charge < -0.3 is 14.0 Å². The van der Waals surface area contributed by atoms with Crippen molar-refractivity contribution in [3.05, 3.63) is 62.6 Å². The lowest BCUT2D eigenvalue weighted by molar-refractivity contribution is 0.00696. The molecular weight excluding hydrogens is 511 g/mol. The molecule has 33 heavy (non-hydrogen) atoms. The van der Waals surface area contributed by atoms with Gasteiger partial charge in [0.25, 0.3) is 0 Å². The molecule has 1 aliphatic heterocycles. The first kappa shape index (κ1) is 24.2. The topological polar surface area (TPSA) is 53.3 Å². The second kappa shape index (κ2) is 8.67. The Balaban J connectivity index is 1.85. The van der Waals surface area contributed by atoms with Crippen LogP contribution in [0.3, 0.4) is 0 Å². The first-order chi connectivity index (χ1) is 15.4. The highest BCUT2D eigenvalue weighted by molar-refractivity contribution is 9.10. The summed E-state index contributed by atoms with van der Waals surface area (Å²) in [5, 5.41) is 0.457. The number of halogens is 3. The molecule has 0 spiro atoms. The molecule has 1 fully saturated rings. The highest BCUT2D eigenvalue weighted by atomic mass is 79.9. The van der Waals surface area contributed by atoms with Crippen LogP contribution in [0.25, 0.3) is 11.0 Å². The van der Waals surface area contributed by atoms with Crippen LogP contribution in [0, 0.1) is 11.2 Å². The van der Waals surface area contributed by atoms with E-state index in [2.05, 4.69) is 34.3 Å². The second-order valence-corrected chi connectivity index (χ2v) is 11.4. The molecule has 8 heteroatoms. The van der Waals surface area contributed by atoms with Gasteiger partial charge in [-0.15, -0.1) is 0 Å². The molecule has 1 atom stereocenters. The fraction of sp³-hybridized carbons (Fsp3) is 0.440. The maximum Gasteiger partial charge on any atom is 0.338 e. The largest absolute Gasteiger partial charge is 0.456 e. The Bertz CT molecular complexity index is 1230. The lowest BCUT2D eigenvalue weighted by Crippen LogP contribution is -2.27. The van der Waals surface area contributed by atoms with E-state index in [9.17, 15) is 9.18 Å². The number of benzene rings is 2. The van der Waals surface area contributed by atoms with Gasteiger partial charge in [-0.05, 0) is 72.6 Å². The minimum absolute atomic E-state index is 0.00884. The van der Waals surface area contributed by atoms with E-state index < -0.39 is 11.6 Å². The van der Waals surface area contributed by atoms with Crippen LogP contribution in [0.2, 0.25) is 5.02 Å². The van der Waals surface area contributed by atoms with E-state index in [1.54, 1.807) is 12.1 Å². The molecule has 0 amide bonds. The summed E-state index contributed by atoms with van der Waals surface area (Å²) in [6.45, 7) is 10.9. The molecule has 0 aliphatic carbocycles. The van der Waals surface area contributed by atoms with Crippen molar-refractivity contribution < 1.29 is 18.7 Å². The number of imidazole rings is 1. The van der Waals surface area contributed by atoms with Crippen molar-refractivity contribution in [2.75, 3.05) is 13.2 Å². The highest BCUT2D eigenvalue weighted by Gasteiger charge is 2.39. The number of nitrogens with zero attached hydrogens (tertiary/aromatic N) is 2. The van der Waals surface area contributed by atoms with Crippen molar-refractivity contribution in [3.63, 3.8) is 0 Å². The number of hydrogen-bond acceptors (Lipinski definition) is 4. The summed E-state index contributed by atoms with van der Waals surface area (Å²) in [5.41, 5.74) is 1.90. The minimum atomic E-state index is -0.596. The van der Waals surface area contributed by atoms with Gasteiger partial charge >= 0.3 is 5.97 Å². The molecule has 2 heterocycles. The van der Waals surface area contributed by atoms with Crippen LogP contribution < -0.4 is 0 Å². The van der Waals surface area contributed by atoms with E-state index in [0.717, 1.165) is 16.9 Å². The van der Waals surface area contributed by atoms with Gasteiger partial charge in [0, 0.05) is 16.9 Å². The maximum atomic E-state index is 14.3. The average Bonchev–Trinajstić information content (AvgIpc) is 3.22. The minimum Gasteiger partial charge on any atom is -0.456 e. The van der Waals surface area contributed by atoms with Crippen LogP contribution in [0.15, 0.2) is 34.8 Å². The predicted octanol–water partition coefficient (Wildman–Crippen LogP) is 6.73. The lowest BCUT2D eigenvalue weighted by Gasteiger charge is -2.28. The number of hydrogen-bond donors (Lipinski definition) is 0. The maximum absolute atomic E-state index is 14.3. The molecule has 0 N–H and O–H groups in total. The van der Waals surface area contributed by atoms with Crippen LogP contribution >= 0.6 is 27.5 Å². The number of rotatable bonds is 4. The summed E-state index contributed by atoms with van der Waals surface area (Å²) in [7, 11) is 0. The van der Waals surface area contributed by atoms with Crippen molar-refractivity contribution in [2.45, 2.75) is 52.7 Å². The summed E-state index contributed by atoms with van der Waals surface area (Å²) in [4.78, 5) is 17.6. The van der Waals surface area contributed by atoms with Crippen LogP contribution in [0.4, 0.5) is 4.39 Å². The number of carbonyl (C=O) groups is 1. The normalized spacial score (nSPS) is 18.1. The van der Waals surface area contributed by atoms with Crippen LogP contribution in [0.5, 0.6) is 0 Å². The van der Waals surface area contributed by atoms with Gasteiger partial charge in [-0.2, -0.15) is 0 Å². The summed E-state index contributed by atoms with van der Waals surface area (Å²) in [6.07, 6.45) is 0.339.